The summed E-state index contributed by atoms with van der Waals surface area (Å²) >= 11 is 0. The first-order valence-electron chi connectivity index (χ1n) is 3.86. The molecule has 0 saturated carbocycles. The van der Waals surface area contributed by atoms with Crippen molar-refractivity contribution in [1.82, 2.24) is 10.0 Å². The third kappa shape index (κ3) is 2.06. The molecule has 4 nitrogen and oxygen atoms in total. The topological polar surface area (TPSA) is 58.2 Å². The summed E-state index contributed by atoms with van der Waals surface area (Å²) in [7, 11) is -1.69. The van der Waals surface area contributed by atoms with Crippen LogP contribution in [0.25, 0.3) is 0 Å². The fourth-order valence-corrected chi connectivity index (χ4v) is 2.39. The van der Waals surface area contributed by atoms with Crippen molar-refractivity contribution in [1.29, 1.82) is 0 Å². The Bertz CT molecular complexity index is 271. The number of nitrogens with one attached hydrogen (secondary N) is 2. The Morgan fingerprint density at radius 3 is 2.83 bits per heavy atom. The molecule has 0 radical (unpaired) electrons. The molecule has 0 aliphatic carbocycles. The Morgan fingerprint density at radius 1 is 1.67 bits per heavy atom. The number of sulfonamides is 1. The van der Waals surface area contributed by atoms with Gasteiger partial charge in [-0.2, -0.15) is 0 Å². The molecule has 12 heavy (non-hydrogen) atoms. The van der Waals surface area contributed by atoms with Crippen LogP contribution >= 0.6 is 0 Å². The van der Waals surface area contributed by atoms with Crippen LogP contribution in [0, 0.1) is 0 Å². The zero-order valence-electron chi connectivity index (χ0n) is 7.13. The first-order chi connectivity index (χ1) is 5.56. The molecule has 1 unspecified atom stereocenters. The molecule has 0 spiro atoms. The summed E-state index contributed by atoms with van der Waals surface area (Å²) in [6, 6.07) is 0. The molecule has 5 heteroatoms. The highest BCUT2D eigenvalue weighted by molar-refractivity contribution is 7.90. The maximum atomic E-state index is 11.3. The lowest BCUT2D eigenvalue weighted by Gasteiger charge is -2.23. The maximum Gasteiger partial charge on any atom is 0.215 e. The van der Waals surface area contributed by atoms with E-state index in [0.29, 0.717) is 13.0 Å². The lowest BCUT2D eigenvalue weighted by molar-refractivity contribution is 0.540. The smallest absolute Gasteiger partial charge is 0.215 e. The predicted molar refractivity (Wildman–Crippen MR) is 48.4 cm³/mol. The Balaban J connectivity index is 2.70. The van der Waals surface area contributed by atoms with Crippen LogP contribution in [0.2, 0.25) is 0 Å². The summed E-state index contributed by atoms with van der Waals surface area (Å²) in [5.74, 6) is 0. The van der Waals surface area contributed by atoms with E-state index in [4.69, 9.17) is 0 Å². The second-order valence-corrected chi connectivity index (χ2v) is 5.12. The first-order valence-corrected chi connectivity index (χ1v) is 5.40. The van der Waals surface area contributed by atoms with Gasteiger partial charge in [-0.1, -0.05) is 12.2 Å². The SMILES string of the molecule is C=C1CNCC(S(=O)(=O)NC)C1. The minimum Gasteiger partial charge on any atom is -0.312 e. The molecule has 1 atom stereocenters. The fraction of sp³-hybridized carbons (Fsp3) is 0.714. The van der Waals surface area contributed by atoms with Gasteiger partial charge in [-0.15, -0.1) is 0 Å². The highest BCUT2D eigenvalue weighted by Crippen LogP contribution is 2.13. The zero-order chi connectivity index (χ0) is 9.19. The average molecular weight is 190 g/mol. The quantitative estimate of drug-likeness (QED) is 0.575. The first kappa shape index (κ1) is 9.70. The van der Waals surface area contributed by atoms with Crippen molar-refractivity contribution in [3.8, 4) is 0 Å². The summed E-state index contributed by atoms with van der Waals surface area (Å²) in [4.78, 5) is 0. The van der Waals surface area contributed by atoms with Gasteiger partial charge in [0.1, 0.15) is 0 Å². The van der Waals surface area contributed by atoms with Gasteiger partial charge in [0, 0.05) is 13.1 Å². The third-order valence-electron chi connectivity index (χ3n) is 1.99. The van der Waals surface area contributed by atoms with E-state index in [9.17, 15) is 8.42 Å². The molecule has 0 bridgehead atoms. The molecule has 1 heterocycles. The van der Waals surface area contributed by atoms with E-state index >= 15 is 0 Å². The van der Waals surface area contributed by atoms with E-state index in [0.717, 1.165) is 12.1 Å². The number of hydrogen-bond acceptors (Lipinski definition) is 3. The summed E-state index contributed by atoms with van der Waals surface area (Å²) < 4.78 is 24.9. The van der Waals surface area contributed by atoms with E-state index < -0.39 is 10.0 Å². The second kappa shape index (κ2) is 3.55. The standard InChI is InChI=1S/C7H14N2O2S/c1-6-3-7(5-9-4-6)12(10,11)8-2/h7-9H,1,3-5H2,2H3. The highest BCUT2D eigenvalue weighted by atomic mass is 32.2. The number of rotatable bonds is 2. The predicted octanol–water partition coefficient (Wildman–Crippen LogP) is -0.546. The van der Waals surface area contributed by atoms with Gasteiger partial charge >= 0.3 is 0 Å². The molecule has 1 fully saturated rings. The van der Waals surface area contributed by atoms with E-state index in [1.807, 2.05) is 0 Å². The average Bonchev–Trinajstić information content (AvgIpc) is 2.05. The van der Waals surface area contributed by atoms with Gasteiger partial charge in [0.2, 0.25) is 10.0 Å². The van der Waals surface area contributed by atoms with Gasteiger partial charge < -0.3 is 5.32 Å². The van der Waals surface area contributed by atoms with Crippen LogP contribution in [-0.4, -0.2) is 33.8 Å². The molecule has 0 amide bonds. The van der Waals surface area contributed by atoms with Gasteiger partial charge in [-0.3, -0.25) is 0 Å². The van der Waals surface area contributed by atoms with Crippen LogP contribution in [-0.2, 0) is 10.0 Å². The van der Waals surface area contributed by atoms with Crippen molar-refractivity contribution in [2.24, 2.45) is 0 Å². The van der Waals surface area contributed by atoms with Crippen LogP contribution < -0.4 is 10.0 Å². The van der Waals surface area contributed by atoms with Crippen molar-refractivity contribution in [2.45, 2.75) is 11.7 Å². The third-order valence-corrected chi connectivity index (χ3v) is 3.77. The lowest BCUT2D eigenvalue weighted by Crippen LogP contribution is -2.43. The molecule has 70 valence electrons. The number of hydrogen-bond donors (Lipinski definition) is 2. The second-order valence-electron chi connectivity index (χ2n) is 2.96. The van der Waals surface area contributed by atoms with Crippen molar-refractivity contribution >= 4 is 10.0 Å². The van der Waals surface area contributed by atoms with Crippen molar-refractivity contribution in [3.05, 3.63) is 12.2 Å². The molecule has 1 aliphatic rings. The molecule has 2 N–H and O–H groups in total. The van der Waals surface area contributed by atoms with E-state index in [1.54, 1.807) is 0 Å². The molecule has 0 aromatic heterocycles. The fourth-order valence-electron chi connectivity index (χ4n) is 1.26. The van der Waals surface area contributed by atoms with E-state index in [-0.39, 0.29) is 5.25 Å². The Hall–Kier alpha value is -0.390. The molecule has 1 rings (SSSR count). The van der Waals surface area contributed by atoms with Gasteiger partial charge in [0.05, 0.1) is 5.25 Å². The van der Waals surface area contributed by atoms with E-state index in [1.165, 1.54) is 7.05 Å². The minimum absolute atomic E-state index is 0.358. The highest BCUT2D eigenvalue weighted by Gasteiger charge is 2.26. The molecular formula is C7H14N2O2S. The van der Waals surface area contributed by atoms with Gasteiger partial charge in [0.25, 0.3) is 0 Å². The van der Waals surface area contributed by atoms with Crippen LogP contribution in [0.1, 0.15) is 6.42 Å². The van der Waals surface area contributed by atoms with Crippen LogP contribution in [0.4, 0.5) is 0 Å². The largest absolute Gasteiger partial charge is 0.312 e. The summed E-state index contributed by atoms with van der Waals surface area (Å²) in [5, 5.41) is 2.65. The van der Waals surface area contributed by atoms with Gasteiger partial charge in [-0.05, 0) is 13.5 Å². The summed E-state index contributed by atoms with van der Waals surface area (Å²) in [6.07, 6.45) is 0.566. The van der Waals surface area contributed by atoms with Crippen molar-refractivity contribution < 1.29 is 8.42 Å². The number of piperidine rings is 1. The minimum atomic E-state index is -3.13. The van der Waals surface area contributed by atoms with Crippen LogP contribution in [0.3, 0.4) is 0 Å². The molecule has 1 saturated heterocycles. The Kier molecular flexibility index (Phi) is 2.87. The summed E-state index contributed by atoms with van der Waals surface area (Å²) in [6.45, 7) is 5.01. The van der Waals surface area contributed by atoms with Crippen molar-refractivity contribution in [2.75, 3.05) is 20.1 Å². The van der Waals surface area contributed by atoms with Gasteiger partial charge in [-0.25, -0.2) is 13.1 Å². The van der Waals surface area contributed by atoms with Gasteiger partial charge in [0.15, 0.2) is 0 Å². The normalized spacial score (nSPS) is 25.8. The monoisotopic (exact) mass is 190 g/mol. The molecule has 1 aliphatic heterocycles. The van der Waals surface area contributed by atoms with E-state index in [2.05, 4.69) is 16.6 Å². The van der Waals surface area contributed by atoms with Crippen molar-refractivity contribution in [3.63, 3.8) is 0 Å². The molecular weight excluding hydrogens is 176 g/mol. The molecule has 0 aromatic carbocycles. The molecule has 0 aromatic rings. The summed E-state index contributed by atoms with van der Waals surface area (Å²) in [5.41, 5.74) is 0.949. The Morgan fingerprint density at radius 2 is 2.33 bits per heavy atom. The van der Waals surface area contributed by atoms with Crippen LogP contribution in [0.15, 0.2) is 12.2 Å². The zero-order valence-corrected chi connectivity index (χ0v) is 7.95. The maximum absolute atomic E-state index is 11.3. The Labute approximate surface area is 73.1 Å². The lowest BCUT2D eigenvalue weighted by atomic mass is 10.1. The van der Waals surface area contributed by atoms with Crippen LogP contribution in [0.5, 0.6) is 0 Å².